The second kappa shape index (κ2) is 4.33. The first-order chi connectivity index (χ1) is 8.63. The molecule has 3 nitrogen and oxygen atoms in total. The number of aromatic amines is 1. The number of hydrogen-bond acceptors (Lipinski definition) is 3. The van der Waals surface area contributed by atoms with Gasteiger partial charge in [-0.2, -0.15) is 0 Å². The minimum atomic E-state index is 0.728. The van der Waals surface area contributed by atoms with E-state index in [9.17, 15) is 0 Å². The quantitative estimate of drug-likeness (QED) is 0.721. The minimum absolute atomic E-state index is 0.728. The number of nitrogens with one attached hydrogen (secondary N) is 1. The number of fused-ring (bicyclic) bond motifs is 1. The summed E-state index contributed by atoms with van der Waals surface area (Å²) < 4.78 is 2.85. The van der Waals surface area contributed by atoms with Crippen molar-refractivity contribution >= 4 is 34.6 Å². The highest BCUT2D eigenvalue weighted by Crippen LogP contribution is 2.18. The summed E-state index contributed by atoms with van der Waals surface area (Å²) in [5.41, 5.74) is 4.52. The van der Waals surface area contributed by atoms with Crippen molar-refractivity contribution in [1.82, 2.24) is 14.5 Å². The predicted molar refractivity (Wildman–Crippen MR) is 77.8 cm³/mol. The van der Waals surface area contributed by atoms with Gasteiger partial charge < -0.3 is 9.55 Å². The van der Waals surface area contributed by atoms with Crippen molar-refractivity contribution in [3.8, 4) is 0 Å². The highest BCUT2D eigenvalue weighted by Gasteiger charge is 2.06. The monoisotopic (exact) mass is 275 g/mol. The minimum Gasteiger partial charge on any atom is -0.331 e. The van der Waals surface area contributed by atoms with Gasteiger partial charge in [0.2, 0.25) is 0 Å². The molecule has 0 amide bonds. The third-order valence-electron chi connectivity index (χ3n) is 2.92. The molecule has 0 spiro atoms. The average Bonchev–Trinajstić information content (AvgIpc) is 2.84. The molecule has 0 saturated carbocycles. The van der Waals surface area contributed by atoms with Gasteiger partial charge >= 0.3 is 0 Å². The topological polar surface area (TPSA) is 33.6 Å². The van der Waals surface area contributed by atoms with Crippen molar-refractivity contribution < 1.29 is 0 Å². The maximum atomic E-state index is 5.39. The Morgan fingerprint density at radius 3 is 2.94 bits per heavy atom. The van der Waals surface area contributed by atoms with Crippen molar-refractivity contribution in [2.45, 2.75) is 20.4 Å². The van der Waals surface area contributed by atoms with Gasteiger partial charge in [-0.15, -0.1) is 11.3 Å². The molecule has 0 saturated heterocycles. The van der Waals surface area contributed by atoms with Gasteiger partial charge in [0.25, 0.3) is 0 Å². The number of thiazole rings is 1. The van der Waals surface area contributed by atoms with Crippen molar-refractivity contribution in [1.29, 1.82) is 0 Å². The summed E-state index contributed by atoms with van der Waals surface area (Å²) in [6.07, 6.45) is 0. The zero-order valence-electron chi connectivity index (χ0n) is 10.2. The van der Waals surface area contributed by atoms with Crippen LogP contribution in [0.2, 0.25) is 0 Å². The van der Waals surface area contributed by atoms with Crippen LogP contribution in [0.15, 0.2) is 23.6 Å². The van der Waals surface area contributed by atoms with E-state index in [1.54, 1.807) is 11.3 Å². The standard InChI is InChI=1S/C13H13N3S2/c1-8-3-4-12-11(5-8)15-13(17)16(12)6-10-7-18-9(2)14-10/h3-5,7H,6H2,1-2H3,(H,15,17). The van der Waals surface area contributed by atoms with Crippen LogP contribution >= 0.6 is 23.6 Å². The van der Waals surface area contributed by atoms with Gasteiger partial charge in [-0.25, -0.2) is 4.98 Å². The molecule has 2 aromatic heterocycles. The summed E-state index contributed by atoms with van der Waals surface area (Å²) in [5.74, 6) is 0. The van der Waals surface area contributed by atoms with Gasteiger partial charge in [0.1, 0.15) is 0 Å². The maximum absolute atomic E-state index is 5.39. The fourth-order valence-electron chi connectivity index (χ4n) is 2.08. The van der Waals surface area contributed by atoms with E-state index < -0.39 is 0 Å². The van der Waals surface area contributed by atoms with Gasteiger partial charge in [0, 0.05) is 5.38 Å². The number of rotatable bonds is 2. The molecule has 0 aliphatic carbocycles. The molecule has 92 valence electrons. The normalized spacial score (nSPS) is 11.2. The number of aryl methyl sites for hydroxylation is 2. The summed E-state index contributed by atoms with van der Waals surface area (Å²) in [6, 6.07) is 6.33. The third-order valence-corrected chi connectivity index (χ3v) is 4.06. The maximum Gasteiger partial charge on any atom is 0.178 e. The van der Waals surface area contributed by atoms with Gasteiger partial charge in [0.15, 0.2) is 4.77 Å². The van der Waals surface area contributed by atoms with E-state index in [-0.39, 0.29) is 0 Å². The number of benzene rings is 1. The van der Waals surface area contributed by atoms with Crippen LogP contribution in [0.1, 0.15) is 16.3 Å². The van der Waals surface area contributed by atoms with Crippen molar-refractivity contribution in [2.24, 2.45) is 0 Å². The van der Waals surface area contributed by atoms with Gasteiger partial charge in [0.05, 0.1) is 28.3 Å². The molecule has 1 N–H and O–H groups in total. The average molecular weight is 275 g/mol. The first kappa shape index (κ1) is 11.6. The molecule has 0 fully saturated rings. The highest BCUT2D eigenvalue weighted by atomic mass is 32.1. The van der Waals surface area contributed by atoms with Gasteiger partial charge in [-0.3, -0.25) is 0 Å². The lowest BCUT2D eigenvalue weighted by atomic mass is 10.2. The summed E-state index contributed by atoms with van der Waals surface area (Å²) in [6.45, 7) is 4.83. The first-order valence-corrected chi connectivity index (χ1v) is 7.02. The fraction of sp³-hybridized carbons (Fsp3) is 0.231. The first-order valence-electron chi connectivity index (χ1n) is 5.73. The van der Waals surface area contributed by atoms with E-state index in [4.69, 9.17) is 12.2 Å². The SMILES string of the molecule is Cc1ccc2c(c1)[nH]c(=S)n2Cc1csc(C)n1. The molecule has 0 radical (unpaired) electrons. The Balaban J connectivity index is 2.11. The molecule has 0 unspecified atom stereocenters. The van der Waals surface area contributed by atoms with E-state index in [2.05, 4.69) is 45.0 Å². The molecular formula is C13H13N3S2. The Labute approximate surface area is 114 Å². The largest absolute Gasteiger partial charge is 0.331 e. The van der Waals surface area contributed by atoms with Crippen molar-refractivity contribution in [3.05, 3.63) is 44.6 Å². The Morgan fingerprint density at radius 2 is 2.22 bits per heavy atom. The summed E-state index contributed by atoms with van der Waals surface area (Å²) in [7, 11) is 0. The molecule has 2 heterocycles. The Kier molecular flexibility index (Phi) is 2.80. The van der Waals surface area contributed by atoms with Crippen LogP contribution < -0.4 is 0 Å². The van der Waals surface area contributed by atoms with Crippen molar-refractivity contribution in [2.75, 3.05) is 0 Å². The lowest BCUT2D eigenvalue weighted by Gasteiger charge is -2.02. The van der Waals surface area contributed by atoms with E-state index >= 15 is 0 Å². The smallest absolute Gasteiger partial charge is 0.178 e. The fourth-order valence-corrected chi connectivity index (χ4v) is 2.95. The van der Waals surface area contributed by atoms with Crippen LogP contribution in [-0.4, -0.2) is 14.5 Å². The zero-order chi connectivity index (χ0) is 12.7. The number of hydrogen-bond donors (Lipinski definition) is 1. The summed E-state index contributed by atoms with van der Waals surface area (Å²) in [4.78, 5) is 7.74. The summed E-state index contributed by atoms with van der Waals surface area (Å²) in [5, 5.41) is 3.18. The molecule has 0 aliphatic rings. The van der Waals surface area contributed by atoms with Crippen LogP contribution in [0, 0.1) is 18.6 Å². The molecule has 18 heavy (non-hydrogen) atoms. The van der Waals surface area contributed by atoms with Crippen molar-refractivity contribution in [3.63, 3.8) is 0 Å². The van der Waals surface area contributed by atoms with Gasteiger partial charge in [-0.05, 0) is 43.8 Å². The van der Waals surface area contributed by atoms with E-state index in [0.717, 1.165) is 33.1 Å². The highest BCUT2D eigenvalue weighted by molar-refractivity contribution is 7.71. The molecule has 0 bridgehead atoms. The molecule has 3 rings (SSSR count). The van der Waals surface area contributed by atoms with Crippen LogP contribution in [0.4, 0.5) is 0 Å². The molecule has 0 atom stereocenters. The Bertz CT molecular complexity index is 764. The Morgan fingerprint density at radius 1 is 1.39 bits per heavy atom. The second-order valence-corrected chi connectivity index (χ2v) is 5.84. The number of imidazole rings is 1. The molecule has 5 heteroatoms. The molecule has 3 aromatic rings. The number of nitrogens with zero attached hydrogens (tertiary/aromatic N) is 2. The number of H-pyrrole nitrogens is 1. The van der Waals surface area contributed by atoms with E-state index in [0.29, 0.717) is 0 Å². The molecule has 1 aromatic carbocycles. The zero-order valence-corrected chi connectivity index (χ0v) is 11.9. The lowest BCUT2D eigenvalue weighted by molar-refractivity contribution is 0.789. The van der Waals surface area contributed by atoms with Crippen LogP contribution in [0.3, 0.4) is 0 Å². The van der Waals surface area contributed by atoms with Crippen LogP contribution in [0.25, 0.3) is 11.0 Å². The van der Waals surface area contributed by atoms with E-state index in [1.165, 1.54) is 5.56 Å². The van der Waals surface area contributed by atoms with E-state index in [1.807, 2.05) is 6.92 Å². The third kappa shape index (κ3) is 2.00. The molecule has 0 aliphatic heterocycles. The lowest BCUT2D eigenvalue weighted by Crippen LogP contribution is -1.99. The second-order valence-electron chi connectivity index (χ2n) is 4.39. The number of aromatic nitrogens is 3. The van der Waals surface area contributed by atoms with Crippen LogP contribution in [-0.2, 0) is 6.54 Å². The Hall–Kier alpha value is -1.46. The molecular weight excluding hydrogens is 262 g/mol. The van der Waals surface area contributed by atoms with Crippen LogP contribution in [0.5, 0.6) is 0 Å². The van der Waals surface area contributed by atoms with Gasteiger partial charge in [-0.1, -0.05) is 6.07 Å². The predicted octanol–water partition coefficient (Wildman–Crippen LogP) is 3.82. The summed E-state index contributed by atoms with van der Waals surface area (Å²) >= 11 is 7.06.